The highest BCUT2D eigenvalue weighted by molar-refractivity contribution is 8.00. The van der Waals surface area contributed by atoms with Crippen molar-refractivity contribution in [1.29, 1.82) is 0 Å². The van der Waals surface area contributed by atoms with Gasteiger partial charge in [-0.05, 0) is 36.4 Å². The number of fused-ring (bicyclic) bond motifs is 2. The molecular weight excluding hydrogens is 384 g/mol. The number of hydrogen-bond acceptors (Lipinski definition) is 8. The summed E-state index contributed by atoms with van der Waals surface area (Å²) in [6.07, 6.45) is 0. The van der Waals surface area contributed by atoms with Gasteiger partial charge in [0, 0.05) is 11.3 Å². The van der Waals surface area contributed by atoms with Crippen molar-refractivity contribution in [2.24, 2.45) is 0 Å². The Morgan fingerprint density at radius 1 is 1.00 bits per heavy atom. The molecule has 3 aromatic heterocycles. The molecule has 0 aliphatic carbocycles. The maximum Gasteiger partial charge on any atom is 0.235 e. The zero-order valence-corrected chi connectivity index (χ0v) is 15.8. The van der Waals surface area contributed by atoms with Crippen molar-refractivity contribution in [2.75, 3.05) is 5.73 Å². The SMILES string of the molecule is Nc1ccc(-c2nn3c(CSc4nc5ccccc5s4)nnc3s2)cc1. The smallest absolute Gasteiger partial charge is 0.235 e. The number of aromatic nitrogens is 5. The Hall–Kier alpha value is -2.49. The molecule has 0 aliphatic rings. The van der Waals surface area contributed by atoms with Crippen LogP contribution in [0.15, 0.2) is 52.9 Å². The van der Waals surface area contributed by atoms with E-state index in [1.54, 1.807) is 23.1 Å². The summed E-state index contributed by atoms with van der Waals surface area (Å²) < 4.78 is 4.04. The summed E-state index contributed by atoms with van der Waals surface area (Å²) in [6, 6.07) is 15.9. The first kappa shape index (κ1) is 15.7. The minimum Gasteiger partial charge on any atom is -0.399 e. The molecule has 3 heterocycles. The standard InChI is InChI=1S/C17H12N6S3/c18-11-7-5-10(6-8-11)15-22-23-14(20-21-16(23)26-15)9-24-17-19-12-3-1-2-4-13(12)25-17/h1-8H,9,18H2. The fraction of sp³-hybridized carbons (Fsp3) is 0.0588. The van der Waals surface area contributed by atoms with Crippen molar-refractivity contribution in [2.45, 2.75) is 10.1 Å². The summed E-state index contributed by atoms with van der Waals surface area (Å²) in [6.45, 7) is 0. The molecule has 0 unspecified atom stereocenters. The van der Waals surface area contributed by atoms with E-state index in [4.69, 9.17) is 5.73 Å². The lowest BCUT2D eigenvalue weighted by Gasteiger charge is -1.96. The number of thioether (sulfide) groups is 1. The number of anilines is 1. The second kappa shape index (κ2) is 6.35. The van der Waals surface area contributed by atoms with Gasteiger partial charge in [-0.1, -0.05) is 35.2 Å². The van der Waals surface area contributed by atoms with Crippen LogP contribution < -0.4 is 5.73 Å². The van der Waals surface area contributed by atoms with Crippen LogP contribution in [-0.4, -0.2) is 24.8 Å². The topological polar surface area (TPSA) is 82.0 Å². The molecule has 0 bridgehead atoms. The van der Waals surface area contributed by atoms with Crippen LogP contribution in [0.5, 0.6) is 0 Å². The second-order valence-electron chi connectivity index (χ2n) is 5.58. The Bertz CT molecular complexity index is 1170. The van der Waals surface area contributed by atoms with E-state index in [0.29, 0.717) is 5.75 Å². The fourth-order valence-corrected chi connectivity index (χ4v) is 5.37. The molecule has 2 N–H and O–H groups in total. The van der Waals surface area contributed by atoms with E-state index in [9.17, 15) is 0 Å². The fourth-order valence-electron chi connectivity index (χ4n) is 2.53. The van der Waals surface area contributed by atoms with Crippen LogP contribution in [-0.2, 0) is 5.75 Å². The monoisotopic (exact) mass is 396 g/mol. The quantitative estimate of drug-likeness (QED) is 0.359. The van der Waals surface area contributed by atoms with Crippen molar-refractivity contribution < 1.29 is 0 Å². The minimum atomic E-state index is 0.673. The number of benzene rings is 2. The molecular formula is C17H12N6S3. The van der Waals surface area contributed by atoms with Crippen LogP contribution >= 0.6 is 34.4 Å². The average Bonchev–Trinajstić information content (AvgIpc) is 3.34. The molecule has 0 spiro atoms. The van der Waals surface area contributed by atoms with E-state index >= 15 is 0 Å². The molecule has 0 atom stereocenters. The lowest BCUT2D eigenvalue weighted by atomic mass is 10.2. The van der Waals surface area contributed by atoms with Gasteiger partial charge in [-0.3, -0.25) is 0 Å². The van der Waals surface area contributed by atoms with Gasteiger partial charge in [-0.15, -0.1) is 21.5 Å². The van der Waals surface area contributed by atoms with Crippen molar-refractivity contribution in [3.05, 3.63) is 54.4 Å². The Labute approximate surface area is 160 Å². The van der Waals surface area contributed by atoms with Crippen molar-refractivity contribution in [3.63, 3.8) is 0 Å². The van der Waals surface area contributed by atoms with E-state index in [1.165, 1.54) is 16.0 Å². The number of nitrogens with zero attached hydrogens (tertiary/aromatic N) is 5. The van der Waals surface area contributed by atoms with E-state index in [2.05, 4.69) is 26.3 Å². The Morgan fingerprint density at radius 2 is 1.85 bits per heavy atom. The first-order chi connectivity index (χ1) is 12.8. The first-order valence-corrected chi connectivity index (χ1v) is 10.4. The molecule has 0 radical (unpaired) electrons. The van der Waals surface area contributed by atoms with Crippen molar-refractivity contribution >= 4 is 55.3 Å². The molecule has 2 aromatic carbocycles. The lowest BCUT2D eigenvalue weighted by molar-refractivity contribution is 0.887. The van der Waals surface area contributed by atoms with Gasteiger partial charge in [0.2, 0.25) is 4.96 Å². The van der Waals surface area contributed by atoms with Crippen LogP contribution in [0.3, 0.4) is 0 Å². The molecule has 26 heavy (non-hydrogen) atoms. The van der Waals surface area contributed by atoms with Gasteiger partial charge in [0.05, 0.1) is 16.0 Å². The second-order valence-corrected chi connectivity index (χ2v) is 8.79. The number of nitrogen functional groups attached to an aromatic ring is 1. The summed E-state index contributed by atoms with van der Waals surface area (Å²) in [5.41, 5.74) is 8.56. The van der Waals surface area contributed by atoms with Gasteiger partial charge in [0.1, 0.15) is 5.01 Å². The average molecular weight is 397 g/mol. The van der Waals surface area contributed by atoms with Crippen LogP contribution in [0.2, 0.25) is 0 Å². The normalized spacial score (nSPS) is 11.5. The van der Waals surface area contributed by atoms with Gasteiger partial charge in [-0.2, -0.15) is 9.61 Å². The Balaban J connectivity index is 1.41. The highest BCUT2D eigenvalue weighted by Crippen LogP contribution is 2.32. The summed E-state index contributed by atoms with van der Waals surface area (Å²) in [5, 5.41) is 14.1. The molecule has 0 amide bonds. The van der Waals surface area contributed by atoms with Gasteiger partial charge in [0.25, 0.3) is 0 Å². The largest absolute Gasteiger partial charge is 0.399 e. The van der Waals surface area contributed by atoms with Crippen molar-refractivity contribution in [3.8, 4) is 10.6 Å². The zero-order chi connectivity index (χ0) is 17.5. The molecule has 9 heteroatoms. The number of thiazole rings is 1. The van der Waals surface area contributed by atoms with Gasteiger partial charge in [0.15, 0.2) is 10.2 Å². The molecule has 128 valence electrons. The minimum absolute atomic E-state index is 0.673. The molecule has 0 fully saturated rings. The maximum absolute atomic E-state index is 5.75. The summed E-state index contributed by atoms with van der Waals surface area (Å²) in [5.74, 6) is 1.49. The maximum atomic E-state index is 5.75. The first-order valence-electron chi connectivity index (χ1n) is 7.82. The van der Waals surface area contributed by atoms with Gasteiger partial charge in [-0.25, -0.2) is 4.98 Å². The lowest BCUT2D eigenvalue weighted by Crippen LogP contribution is -1.94. The predicted molar refractivity (Wildman–Crippen MR) is 108 cm³/mol. The van der Waals surface area contributed by atoms with E-state index in [-0.39, 0.29) is 0 Å². The Kier molecular flexibility index (Phi) is 3.84. The van der Waals surface area contributed by atoms with E-state index < -0.39 is 0 Å². The van der Waals surface area contributed by atoms with Gasteiger partial charge < -0.3 is 5.73 Å². The third-order valence-corrected chi connectivity index (χ3v) is 6.94. The molecule has 0 aliphatic heterocycles. The molecule has 0 saturated heterocycles. The summed E-state index contributed by atoms with van der Waals surface area (Å²) >= 11 is 4.87. The van der Waals surface area contributed by atoms with Crippen LogP contribution in [0.1, 0.15) is 5.82 Å². The van der Waals surface area contributed by atoms with Crippen LogP contribution in [0.4, 0.5) is 5.69 Å². The van der Waals surface area contributed by atoms with Crippen LogP contribution in [0, 0.1) is 0 Å². The molecule has 5 aromatic rings. The van der Waals surface area contributed by atoms with Crippen molar-refractivity contribution in [1.82, 2.24) is 24.8 Å². The number of para-hydroxylation sites is 1. The third-order valence-electron chi connectivity index (χ3n) is 3.81. The predicted octanol–water partition coefficient (Wildman–Crippen LogP) is 4.34. The highest BCUT2D eigenvalue weighted by Gasteiger charge is 2.14. The molecule has 6 nitrogen and oxygen atoms in total. The molecule has 5 rings (SSSR count). The molecule has 0 saturated carbocycles. The summed E-state index contributed by atoms with van der Waals surface area (Å²) in [4.78, 5) is 5.44. The number of hydrogen-bond donors (Lipinski definition) is 1. The van der Waals surface area contributed by atoms with E-state index in [0.717, 1.165) is 36.9 Å². The van der Waals surface area contributed by atoms with E-state index in [1.807, 2.05) is 47.0 Å². The Morgan fingerprint density at radius 3 is 2.69 bits per heavy atom. The highest BCUT2D eigenvalue weighted by atomic mass is 32.2. The van der Waals surface area contributed by atoms with Crippen LogP contribution in [0.25, 0.3) is 25.7 Å². The number of rotatable bonds is 4. The third kappa shape index (κ3) is 2.83. The van der Waals surface area contributed by atoms with Gasteiger partial charge >= 0.3 is 0 Å². The zero-order valence-electron chi connectivity index (χ0n) is 13.4. The summed E-state index contributed by atoms with van der Waals surface area (Å²) in [7, 11) is 0. The number of nitrogens with two attached hydrogens (primary N) is 1.